The second-order valence-corrected chi connectivity index (χ2v) is 8.18. The number of nitrogens with one attached hydrogen (secondary N) is 1. The Labute approximate surface area is 178 Å². The number of hydrogen-bond acceptors (Lipinski definition) is 5. The second kappa shape index (κ2) is 8.32. The molecule has 9 heteroatoms. The summed E-state index contributed by atoms with van der Waals surface area (Å²) in [5.41, 5.74) is 0.518. The Hall–Kier alpha value is -2.91. The summed E-state index contributed by atoms with van der Waals surface area (Å²) in [6, 6.07) is 5.62. The molecule has 0 aromatic carbocycles. The molecule has 2 N–H and O–H groups in total. The lowest BCUT2D eigenvalue weighted by Gasteiger charge is -2.22. The molecule has 31 heavy (non-hydrogen) atoms. The number of aromatic nitrogens is 3. The van der Waals surface area contributed by atoms with Gasteiger partial charge in [0.05, 0.1) is 17.0 Å². The molecule has 7 nitrogen and oxygen atoms in total. The van der Waals surface area contributed by atoms with Gasteiger partial charge in [-0.25, -0.2) is 18.7 Å². The van der Waals surface area contributed by atoms with Crippen LogP contribution < -0.4 is 5.32 Å². The fourth-order valence-corrected chi connectivity index (χ4v) is 3.73. The van der Waals surface area contributed by atoms with Gasteiger partial charge in [0, 0.05) is 37.1 Å². The van der Waals surface area contributed by atoms with E-state index in [0.29, 0.717) is 36.0 Å². The van der Waals surface area contributed by atoms with E-state index in [1.165, 1.54) is 18.2 Å². The van der Waals surface area contributed by atoms with Crippen molar-refractivity contribution in [2.75, 3.05) is 18.5 Å². The maximum atomic E-state index is 12.9. The van der Waals surface area contributed by atoms with Crippen LogP contribution in [0.25, 0.3) is 5.65 Å². The van der Waals surface area contributed by atoms with Gasteiger partial charge in [0.25, 0.3) is 12.3 Å². The summed E-state index contributed by atoms with van der Waals surface area (Å²) >= 11 is 0. The molecule has 0 unspecified atom stereocenters. The Bertz CT molecular complexity index is 1100. The molecular weight excluding hydrogens is 406 g/mol. The zero-order valence-corrected chi connectivity index (χ0v) is 17.3. The number of hydrogen-bond donors (Lipinski definition) is 2. The molecule has 0 radical (unpaired) electrons. The predicted molar refractivity (Wildman–Crippen MR) is 110 cm³/mol. The molecule has 1 fully saturated rings. The standard InChI is InChI=1S/C22H24F2N4O3/c1-22(2,30)14-10-19-26-17(13-6-8-31-9-7-13)11-28(19)12-18(14)27-21(29)16-5-3-4-15(25-16)20(23)24/h3-5,10-13,20,30H,6-9H2,1-2H3,(H,27,29). The van der Waals surface area contributed by atoms with Crippen LogP contribution in [0.2, 0.25) is 0 Å². The summed E-state index contributed by atoms with van der Waals surface area (Å²) in [5.74, 6) is -0.351. The highest BCUT2D eigenvalue weighted by Crippen LogP contribution is 2.32. The highest BCUT2D eigenvalue weighted by molar-refractivity contribution is 6.03. The van der Waals surface area contributed by atoms with Gasteiger partial charge in [0.15, 0.2) is 0 Å². The number of amides is 1. The number of aliphatic hydroxyl groups is 1. The van der Waals surface area contributed by atoms with E-state index in [-0.39, 0.29) is 5.69 Å². The van der Waals surface area contributed by atoms with E-state index in [1.54, 1.807) is 30.5 Å². The molecule has 1 aliphatic rings. The van der Waals surface area contributed by atoms with Crippen LogP contribution in [0.4, 0.5) is 14.5 Å². The lowest BCUT2D eigenvalue weighted by Crippen LogP contribution is -2.22. The number of carbonyl (C=O) groups excluding carboxylic acids is 1. The molecule has 3 aromatic heterocycles. The number of fused-ring (bicyclic) bond motifs is 1. The maximum absolute atomic E-state index is 12.9. The van der Waals surface area contributed by atoms with Crippen LogP contribution in [0.1, 0.15) is 66.5 Å². The van der Waals surface area contributed by atoms with Crippen LogP contribution in [-0.2, 0) is 10.3 Å². The van der Waals surface area contributed by atoms with Crippen molar-refractivity contribution in [2.24, 2.45) is 0 Å². The minimum Gasteiger partial charge on any atom is -0.386 e. The lowest BCUT2D eigenvalue weighted by atomic mass is 9.97. The number of halogens is 2. The van der Waals surface area contributed by atoms with Gasteiger partial charge in [0.2, 0.25) is 0 Å². The van der Waals surface area contributed by atoms with E-state index >= 15 is 0 Å². The smallest absolute Gasteiger partial charge is 0.280 e. The van der Waals surface area contributed by atoms with Crippen molar-refractivity contribution < 1.29 is 23.4 Å². The zero-order valence-electron chi connectivity index (χ0n) is 17.3. The van der Waals surface area contributed by atoms with Gasteiger partial charge in [-0.3, -0.25) is 4.79 Å². The Morgan fingerprint density at radius 3 is 2.68 bits per heavy atom. The number of anilines is 1. The van der Waals surface area contributed by atoms with Crippen LogP contribution in [0, 0.1) is 0 Å². The number of rotatable bonds is 5. The Morgan fingerprint density at radius 1 is 1.26 bits per heavy atom. The fourth-order valence-electron chi connectivity index (χ4n) is 3.73. The van der Waals surface area contributed by atoms with Crippen molar-refractivity contribution in [3.63, 3.8) is 0 Å². The highest BCUT2D eigenvalue weighted by atomic mass is 19.3. The summed E-state index contributed by atoms with van der Waals surface area (Å²) in [6.45, 7) is 4.60. The van der Waals surface area contributed by atoms with Gasteiger partial charge in [-0.15, -0.1) is 0 Å². The molecule has 1 amide bonds. The number of imidazole rings is 1. The largest absolute Gasteiger partial charge is 0.386 e. The Kier molecular flexibility index (Phi) is 5.72. The minimum atomic E-state index is -2.77. The zero-order chi connectivity index (χ0) is 22.2. The van der Waals surface area contributed by atoms with Gasteiger partial charge in [-0.2, -0.15) is 0 Å². The van der Waals surface area contributed by atoms with Crippen molar-refractivity contribution in [3.8, 4) is 0 Å². The van der Waals surface area contributed by atoms with Crippen molar-refractivity contribution in [1.82, 2.24) is 14.4 Å². The first-order valence-corrected chi connectivity index (χ1v) is 10.1. The minimum absolute atomic E-state index is 0.131. The molecular formula is C22H24F2N4O3. The quantitative estimate of drug-likeness (QED) is 0.638. The van der Waals surface area contributed by atoms with Crippen LogP contribution in [0.5, 0.6) is 0 Å². The third-order valence-corrected chi connectivity index (χ3v) is 5.39. The summed E-state index contributed by atoms with van der Waals surface area (Å²) in [5, 5.41) is 13.4. The normalized spacial score (nSPS) is 15.5. The molecule has 4 rings (SSSR count). The monoisotopic (exact) mass is 430 g/mol. The Morgan fingerprint density at radius 2 is 2.00 bits per heavy atom. The molecule has 4 heterocycles. The molecule has 0 aliphatic carbocycles. The van der Waals surface area contributed by atoms with Crippen molar-refractivity contribution in [2.45, 2.75) is 44.6 Å². The van der Waals surface area contributed by atoms with Gasteiger partial charge in [-0.1, -0.05) is 6.07 Å². The van der Waals surface area contributed by atoms with E-state index in [9.17, 15) is 18.7 Å². The van der Waals surface area contributed by atoms with Crippen molar-refractivity contribution in [1.29, 1.82) is 0 Å². The number of carbonyl (C=O) groups is 1. The molecule has 164 valence electrons. The van der Waals surface area contributed by atoms with Gasteiger partial charge in [0.1, 0.15) is 17.0 Å². The first kappa shape index (κ1) is 21.3. The maximum Gasteiger partial charge on any atom is 0.280 e. The van der Waals surface area contributed by atoms with E-state index in [0.717, 1.165) is 18.5 Å². The summed E-state index contributed by atoms with van der Waals surface area (Å²) < 4.78 is 33.1. The van der Waals surface area contributed by atoms with Crippen molar-refractivity contribution >= 4 is 17.2 Å². The molecule has 3 aromatic rings. The molecule has 0 bridgehead atoms. The van der Waals surface area contributed by atoms with Crippen molar-refractivity contribution in [3.05, 3.63) is 59.3 Å². The summed E-state index contributed by atoms with van der Waals surface area (Å²) in [4.78, 5) is 21.2. The number of pyridine rings is 2. The molecule has 1 saturated heterocycles. The highest BCUT2D eigenvalue weighted by Gasteiger charge is 2.25. The predicted octanol–water partition coefficient (Wildman–Crippen LogP) is 4.04. The topological polar surface area (TPSA) is 88.8 Å². The number of nitrogens with zero attached hydrogens (tertiary/aromatic N) is 3. The third-order valence-electron chi connectivity index (χ3n) is 5.39. The molecule has 0 spiro atoms. The van der Waals surface area contributed by atoms with E-state index in [4.69, 9.17) is 9.72 Å². The average molecular weight is 430 g/mol. The number of alkyl halides is 2. The van der Waals surface area contributed by atoms with Crippen LogP contribution >= 0.6 is 0 Å². The Balaban J connectivity index is 1.69. The number of ether oxygens (including phenoxy) is 1. The molecule has 1 aliphatic heterocycles. The van der Waals surface area contributed by atoms with Gasteiger partial charge >= 0.3 is 0 Å². The molecule has 0 saturated carbocycles. The first-order chi connectivity index (χ1) is 14.7. The van der Waals surface area contributed by atoms with Crippen LogP contribution in [-0.4, -0.2) is 38.6 Å². The fraction of sp³-hybridized carbons (Fsp3) is 0.409. The van der Waals surface area contributed by atoms with E-state index in [1.807, 2.05) is 6.20 Å². The third kappa shape index (κ3) is 4.57. The van der Waals surface area contributed by atoms with Crippen LogP contribution in [0.15, 0.2) is 36.7 Å². The van der Waals surface area contributed by atoms with Crippen LogP contribution in [0.3, 0.4) is 0 Å². The lowest BCUT2D eigenvalue weighted by molar-refractivity contribution is 0.0792. The molecule has 0 atom stereocenters. The van der Waals surface area contributed by atoms with E-state index < -0.39 is 23.6 Å². The van der Waals surface area contributed by atoms with E-state index in [2.05, 4.69) is 10.3 Å². The second-order valence-electron chi connectivity index (χ2n) is 8.18. The summed E-state index contributed by atoms with van der Waals surface area (Å²) in [6.07, 6.45) is 2.58. The first-order valence-electron chi connectivity index (χ1n) is 10.1. The SMILES string of the molecule is CC(C)(O)c1cc2nc(C3CCOCC3)cn2cc1NC(=O)c1cccc(C(F)F)n1. The van der Waals surface area contributed by atoms with Gasteiger partial charge in [-0.05, 0) is 44.9 Å². The van der Waals surface area contributed by atoms with Gasteiger partial charge < -0.3 is 19.6 Å². The summed E-state index contributed by atoms with van der Waals surface area (Å²) in [7, 11) is 0. The average Bonchev–Trinajstić information content (AvgIpc) is 3.16.